The van der Waals surface area contributed by atoms with Gasteiger partial charge in [-0.25, -0.2) is 0 Å². The smallest absolute Gasteiger partial charge is 0.175 e. The molecule has 1 aromatic heterocycles. The third-order valence-electron chi connectivity index (χ3n) is 5.88. The fourth-order valence-electron chi connectivity index (χ4n) is 4.06. The molecule has 0 fully saturated rings. The summed E-state index contributed by atoms with van der Waals surface area (Å²) in [6.07, 6.45) is 1.71. The van der Waals surface area contributed by atoms with Crippen LogP contribution in [0.4, 0.5) is 11.4 Å². The van der Waals surface area contributed by atoms with Crippen molar-refractivity contribution in [3.05, 3.63) is 85.1 Å². The van der Waals surface area contributed by atoms with Crippen LogP contribution in [0, 0.1) is 0 Å². The minimum atomic E-state index is 0.491. The van der Waals surface area contributed by atoms with Gasteiger partial charge in [-0.15, -0.1) is 0 Å². The van der Waals surface area contributed by atoms with E-state index in [1.807, 2.05) is 78.9 Å². The van der Waals surface area contributed by atoms with Crippen molar-refractivity contribution in [3.8, 4) is 28.7 Å². The van der Waals surface area contributed by atoms with Crippen LogP contribution in [0.5, 0.6) is 28.7 Å². The number of anilines is 2. The maximum Gasteiger partial charge on any atom is 0.175 e. The van der Waals surface area contributed by atoms with Crippen LogP contribution in [0.2, 0.25) is 0 Å². The largest absolute Gasteiger partial charge is 0.497 e. The molecule has 7 nitrogen and oxygen atoms in total. The van der Waals surface area contributed by atoms with Crippen molar-refractivity contribution in [2.45, 2.75) is 0 Å². The van der Waals surface area contributed by atoms with Crippen molar-refractivity contribution in [3.63, 3.8) is 0 Å². The molecule has 0 unspecified atom stereocenters. The van der Waals surface area contributed by atoms with Crippen LogP contribution in [-0.4, -0.2) is 31.4 Å². The molecule has 0 radical (unpaired) electrons. The van der Waals surface area contributed by atoms with Gasteiger partial charge in [-0.2, -0.15) is 0 Å². The highest BCUT2D eigenvalue weighted by Crippen LogP contribution is 2.37. The van der Waals surface area contributed by atoms with Crippen molar-refractivity contribution < 1.29 is 18.9 Å². The second-order valence-corrected chi connectivity index (χ2v) is 8.54. The van der Waals surface area contributed by atoms with Crippen molar-refractivity contribution >= 4 is 50.4 Å². The molecule has 0 saturated heterocycles. The third-order valence-corrected chi connectivity index (χ3v) is 6.09. The monoisotopic (exact) mass is 511 g/mol. The first-order chi connectivity index (χ1) is 18.1. The molecule has 5 aromatic rings. The number of pyridine rings is 1. The van der Waals surface area contributed by atoms with E-state index < -0.39 is 0 Å². The highest BCUT2D eigenvalue weighted by atomic mass is 32.1. The molecular weight excluding hydrogens is 486 g/mol. The van der Waals surface area contributed by atoms with Gasteiger partial charge in [0.15, 0.2) is 16.6 Å². The zero-order valence-corrected chi connectivity index (χ0v) is 21.4. The molecule has 4 aromatic carbocycles. The molecule has 0 aliphatic carbocycles. The first kappa shape index (κ1) is 24.1. The van der Waals surface area contributed by atoms with Gasteiger partial charge in [0.1, 0.15) is 17.2 Å². The molecule has 0 saturated carbocycles. The molecule has 0 aliphatic heterocycles. The van der Waals surface area contributed by atoms with Gasteiger partial charge in [-0.05, 0) is 78.3 Å². The molecule has 0 atom stereocenters. The van der Waals surface area contributed by atoms with E-state index in [0.717, 1.165) is 38.8 Å². The Balaban J connectivity index is 1.38. The topological polar surface area (TPSA) is 73.9 Å². The predicted molar refractivity (Wildman–Crippen MR) is 152 cm³/mol. The summed E-state index contributed by atoms with van der Waals surface area (Å²) in [6.45, 7) is 0. The summed E-state index contributed by atoms with van der Waals surface area (Å²) in [5, 5.41) is 9.83. The number of nitrogens with zero attached hydrogens (tertiary/aromatic N) is 1. The van der Waals surface area contributed by atoms with E-state index in [9.17, 15) is 0 Å². The van der Waals surface area contributed by atoms with E-state index in [4.69, 9.17) is 31.2 Å². The van der Waals surface area contributed by atoms with Crippen molar-refractivity contribution in [2.24, 2.45) is 0 Å². The van der Waals surface area contributed by atoms with Gasteiger partial charge in [0.25, 0.3) is 0 Å². The van der Waals surface area contributed by atoms with Gasteiger partial charge < -0.3 is 29.6 Å². The molecule has 0 aliphatic rings. The lowest BCUT2D eigenvalue weighted by molar-refractivity contribution is 0.355. The molecular formula is C29H25N3O4S. The lowest BCUT2D eigenvalue weighted by Gasteiger charge is -2.14. The van der Waals surface area contributed by atoms with Crippen LogP contribution in [0.1, 0.15) is 0 Å². The van der Waals surface area contributed by atoms with Gasteiger partial charge in [-0.3, -0.25) is 4.98 Å². The number of hydrogen-bond donors (Lipinski definition) is 2. The van der Waals surface area contributed by atoms with Crippen LogP contribution in [0.15, 0.2) is 85.1 Å². The molecule has 8 heteroatoms. The fourth-order valence-corrected chi connectivity index (χ4v) is 4.28. The SMILES string of the molecule is COc1ccc(NC(=S)Nc2cccc3cc(Oc4ccnc5cc(OC)c(OC)cc45)ccc23)cc1. The summed E-state index contributed by atoms with van der Waals surface area (Å²) >= 11 is 5.53. The Hall–Kier alpha value is -4.56. The Kier molecular flexibility index (Phi) is 6.91. The molecule has 1 heterocycles. The minimum absolute atomic E-state index is 0.491. The number of thiocarbonyl (C=S) groups is 1. The Morgan fingerprint density at radius 2 is 1.46 bits per heavy atom. The number of hydrogen-bond acceptors (Lipinski definition) is 6. The molecule has 37 heavy (non-hydrogen) atoms. The maximum atomic E-state index is 6.29. The summed E-state index contributed by atoms with van der Waals surface area (Å²) in [7, 11) is 4.84. The Bertz CT molecular complexity index is 1590. The summed E-state index contributed by atoms with van der Waals surface area (Å²) in [5.74, 6) is 3.39. The third kappa shape index (κ3) is 5.19. The van der Waals surface area contributed by atoms with E-state index in [0.29, 0.717) is 28.1 Å². The van der Waals surface area contributed by atoms with E-state index in [1.165, 1.54) is 0 Å². The summed E-state index contributed by atoms with van der Waals surface area (Å²) in [5.41, 5.74) is 2.51. The predicted octanol–water partition coefficient (Wildman–Crippen LogP) is 7.02. The van der Waals surface area contributed by atoms with Crippen LogP contribution < -0.4 is 29.6 Å². The summed E-state index contributed by atoms with van der Waals surface area (Å²) in [4.78, 5) is 4.45. The number of fused-ring (bicyclic) bond motifs is 2. The number of rotatable bonds is 7. The van der Waals surface area contributed by atoms with Crippen molar-refractivity contribution in [1.29, 1.82) is 0 Å². The number of aromatic nitrogens is 1. The van der Waals surface area contributed by atoms with E-state index in [-0.39, 0.29) is 0 Å². The van der Waals surface area contributed by atoms with Gasteiger partial charge in [0, 0.05) is 34.4 Å². The van der Waals surface area contributed by atoms with E-state index in [1.54, 1.807) is 27.5 Å². The normalized spacial score (nSPS) is 10.7. The Morgan fingerprint density at radius 1 is 0.703 bits per heavy atom. The second-order valence-electron chi connectivity index (χ2n) is 8.13. The van der Waals surface area contributed by atoms with Gasteiger partial charge in [0.05, 0.1) is 26.8 Å². The van der Waals surface area contributed by atoms with E-state index >= 15 is 0 Å². The number of methoxy groups -OCH3 is 3. The average Bonchev–Trinajstić information content (AvgIpc) is 2.93. The first-order valence-electron chi connectivity index (χ1n) is 11.5. The zero-order valence-electron chi connectivity index (χ0n) is 20.6. The first-order valence-corrected chi connectivity index (χ1v) is 11.9. The number of benzene rings is 4. The highest BCUT2D eigenvalue weighted by molar-refractivity contribution is 7.80. The maximum absolute atomic E-state index is 6.29. The van der Waals surface area contributed by atoms with Gasteiger partial charge in [0.2, 0.25) is 0 Å². The average molecular weight is 512 g/mol. The fraction of sp³-hybridized carbons (Fsp3) is 0.103. The second kappa shape index (κ2) is 10.6. The van der Waals surface area contributed by atoms with Crippen molar-refractivity contribution in [2.75, 3.05) is 32.0 Å². The Morgan fingerprint density at radius 3 is 2.22 bits per heavy atom. The lowest BCUT2D eigenvalue weighted by Crippen LogP contribution is -2.19. The summed E-state index contributed by atoms with van der Waals surface area (Å²) in [6, 6.07) is 25.0. The molecule has 0 spiro atoms. The standard InChI is InChI=1S/C29H25N3O4S/c1-33-20-9-7-19(8-10-20)31-29(37)32-24-6-4-5-18-15-21(11-12-22(18)24)36-26-13-14-30-25-17-28(35-3)27(34-2)16-23(25)26/h4-17H,1-3H3,(H2,31,32,37). The van der Waals surface area contributed by atoms with Crippen LogP contribution >= 0.6 is 12.2 Å². The van der Waals surface area contributed by atoms with Gasteiger partial charge >= 0.3 is 0 Å². The van der Waals surface area contributed by atoms with Gasteiger partial charge in [-0.1, -0.05) is 12.1 Å². The van der Waals surface area contributed by atoms with Crippen LogP contribution in [0.3, 0.4) is 0 Å². The van der Waals surface area contributed by atoms with Crippen molar-refractivity contribution in [1.82, 2.24) is 4.98 Å². The Labute approximate surface area is 220 Å². The molecule has 5 rings (SSSR count). The molecule has 0 bridgehead atoms. The summed E-state index contributed by atoms with van der Waals surface area (Å²) < 4.78 is 22.4. The molecule has 186 valence electrons. The highest BCUT2D eigenvalue weighted by Gasteiger charge is 2.12. The molecule has 2 N–H and O–H groups in total. The van der Waals surface area contributed by atoms with E-state index in [2.05, 4.69) is 15.6 Å². The number of nitrogens with one attached hydrogen (secondary N) is 2. The lowest BCUT2D eigenvalue weighted by atomic mass is 10.1. The van der Waals surface area contributed by atoms with Crippen LogP contribution in [-0.2, 0) is 0 Å². The number of ether oxygens (including phenoxy) is 4. The van der Waals surface area contributed by atoms with Crippen LogP contribution in [0.25, 0.3) is 21.7 Å². The quantitative estimate of drug-likeness (QED) is 0.226. The zero-order chi connectivity index (χ0) is 25.8. The molecule has 0 amide bonds. The minimum Gasteiger partial charge on any atom is -0.497 e.